The molecule has 3 rings (SSSR count). The van der Waals surface area contributed by atoms with Gasteiger partial charge in [-0.1, -0.05) is 18.2 Å². The fraction of sp³-hybridized carbons (Fsp3) is 0.444. The van der Waals surface area contributed by atoms with E-state index in [0.29, 0.717) is 37.3 Å². The summed E-state index contributed by atoms with van der Waals surface area (Å²) in [7, 11) is 3.18. The zero-order valence-electron chi connectivity index (χ0n) is 13.5. The van der Waals surface area contributed by atoms with Crippen molar-refractivity contribution in [1.29, 1.82) is 0 Å². The quantitative estimate of drug-likeness (QED) is 0.617. The van der Waals surface area contributed by atoms with Crippen LogP contribution in [0.3, 0.4) is 0 Å². The lowest BCUT2D eigenvalue weighted by Crippen LogP contribution is -2.33. The van der Waals surface area contributed by atoms with Crippen molar-refractivity contribution in [3.8, 4) is 11.5 Å². The van der Waals surface area contributed by atoms with E-state index in [1.54, 1.807) is 14.2 Å². The largest absolute Gasteiger partial charge is 0.493 e. The summed E-state index contributed by atoms with van der Waals surface area (Å²) in [6.07, 6.45) is 5.99. The van der Waals surface area contributed by atoms with E-state index in [9.17, 15) is 9.59 Å². The van der Waals surface area contributed by atoms with Crippen LogP contribution in [-0.2, 0) is 16.0 Å². The van der Waals surface area contributed by atoms with Gasteiger partial charge in [-0.15, -0.1) is 0 Å². The number of carbonyl (C=O) groups is 2. The minimum absolute atomic E-state index is 0.0233. The molecule has 2 atom stereocenters. The van der Waals surface area contributed by atoms with Gasteiger partial charge in [0.25, 0.3) is 0 Å². The monoisotopic (exact) mass is 315 g/mol. The van der Waals surface area contributed by atoms with Gasteiger partial charge in [0.2, 0.25) is 11.8 Å². The normalized spacial score (nSPS) is 23.1. The Hall–Kier alpha value is -2.30. The number of imide groups is 1. The van der Waals surface area contributed by atoms with Crippen LogP contribution in [0, 0.1) is 11.8 Å². The number of hydrogen-bond donors (Lipinski definition) is 0. The van der Waals surface area contributed by atoms with Gasteiger partial charge in [-0.2, -0.15) is 0 Å². The molecule has 1 aromatic carbocycles. The Morgan fingerprint density at radius 3 is 2.17 bits per heavy atom. The molecule has 5 nitrogen and oxygen atoms in total. The number of likely N-dealkylation sites (tertiary alicyclic amines) is 1. The number of nitrogens with zero attached hydrogens (tertiary/aromatic N) is 1. The maximum atomic E-state index is 12.4. The Labute approximate surface area is 135 Å². The molecule has 0 bridgehead atoms. The summed E-state index contributed by atoms with van der Waals surface area (Å²) < 4.78 is 10.5. The van der Waals surface area contributed by atoms with Gasteiger partial charge in [-0.25, -0.2) is 0 Å². The first-order chi connectivity index (χ1) is 11.2. The summed E-state index contributed by atoms with van der Waals surface area (Å²) in [5.41, 5.74) is 1.01. The Morgan fingerprint density at radius 1 is 1.00 bits per heavy atom. The second kappa shape index (κ2) is 6.44. The highest BCUT2D eigenvalue weighted by molar-refractivity contribution is 6.05. The minimum atomic E-state index is -0.155. The smallest absolute Gasteiger partial charge is 0.233 e. The summed E-state index contributed by atoms with van der Waals surface area (Å²) in [5, 5.41) is 0. The molecule has 0 aromatic heterocycles. The summed E-state index contributed by atoms with van der Waals surface area (Å²) >= 11 is 0. The third-order valence-corrected chi connectivity index (χ3v) is 4.67. The lowest BCUT2D eigenvalue weighted by molar-refractivity contribution is -0.139. The molecule has 0 saturated carbocycles. The maximum absolute atomic E-state index is 12.4. The number of hydrogen-bond acceptors (Lipinski definition) is 4. The van der Waals surface area contributed by atoms with E-state index in [-0.39, 0.29) is 23.7 Å². The van der Waals surface area contributed by atoms with E-state index in [1.165, 1.54) is 4.90 Å². The number of amides is 2. The SMILES string of the molecule is COc1ccc(CCN2C(=O)C3CC=CCC3C2=O)cc1OC. The van der Waals surface area contributed by atoms with Crippen LogP contribution < -0.4 is 9.47 Å². The fourth-order valence-electron chi connectivity index (χ4n) is 3.37. The van der Waals surface area contributed by atoms with Crippen molar-refractivity contribution in [1.82, 2.24) is 4.90 Å². The zero-order chi connectivity index (χ0) is 16.4. The fourth-order valence-corrected chi connectivity index (χ4v) is 3.37. The highest BCUT2D eigenvalue weighted by Gasteiger charge is 2.46. The first-order valence-corrected chi connectivity index (χ1v) is 7.87. The second-order valence-electron chi connectivity index (χ2n) is 5.92. The van der Waals surface area contributed by atoms with Gasteiger partial charge < -0.3 is 9.47 Å². The lowest BCUT2D eigenvalue weighted by atomic mass is 9.85. The van der Waals surface area contributed by atoms with Crippen LogP contribution in [0.4, 0.5) is 0 Å². The highest BCUT2D eigenvalue weighted by atomic mass is 16.5. The molecule has 1 aliphatic carbocycles. The van der Waals surface area contributed by atoms with Crippen molar-refractivity contribution >= 4 is 11.8 Å². The highest BCUT2D eigenvalue weighted by Crippen LogP contribution is 2.35. The molecule has 1 fully saturated rings. The van der Waals surface area contributed by atoms with E-state index < -0.39 is 0 Å². The Morgan fingerprint density at radius 2 is 1.61 bits per heavy atom. The first-order valence-electron chi connectivity index (χ1n) is 7.87. The zero-order valence-corrected chi connectivity index (χ0v) is 13.5. The number of methoxy groups -OCH3 is 2. The molecular weight excluding hydrogens is 294 g/mol. The van der Waals surface area contributed by atoms with E-state index >= 15 is 0 Å². The maximum Gasteiger partial charge on any atom is 0.233 e. The van der Waals surface area contributed by atoms with Gasteiger partial charge in [-0.3, -0.25) is 14.5 Å². The average Bonchev–Trinajstić information content (AvgIpc) is 2.84. The number of carbonyl (C=O) groups excluding carboxylic acids is 2. The molecule has 1 heterocycles. The average molecular weight is 315 g/mol. The number of fused-ring (bicyclic) bond motifs is 1. The molecule has 1 aromatic rings. The lowest BCUT2D eigenvalue weighted by Gasteiger charge is -2.15. The van der Waals surface area contributed by atoms with Crippen LogP contribution in [0.25, 0.3) is 0 Å². The third kappa shape index (κ3) is 2.83. The first kappa shape index (κ1) is 15.6. The van der Waals surface area contributed by atoms with Crippen molar-refractivity contribution in [2.75, 3.05) is 20.8 Å². The van der Waals surface area contributed by atoms with Crippen LogP contribution in [0.1, 0.15) is 18.4 Å². The summed E-state index contributed by atoms with van der Waals surface area (Å²) in [5.74, 6) is 0.967. The van der Waals surface area contributed by atoms with Crippen molar-refractivity contribution in [2.45, 2.75) is 19.3 Å². The van der Waals surface area contributed by atoms with Crippen LogP contribution in [0.15, 0.2) is 30.4 Å². The van der Waals surface area contributed by atoms with Gasteiger partial charge in [-0.05, 0) is 37.0 Å². The number of rotatable bonds is 5. The van der Waals surface area contributed by atoms with Crippen molar-refractivity contribution in [3.05, 3.63) is 35.9 Å². The molecular formula is C18H21NO4. The molecule has 0 spiro atoms. The molecule has 122 valence electrons. The molecule has 2 aliphatic rings. The summed E-state index contributed by atoms with van der Waals surface area (Å²) in [6, 6.07) is 5.66. The predicted octanol–water partition coefficient (Wildman–Crippen LogP) is 2.20. The standard InChI is InChI=1S/C18H21NO4/c1-22-15-8-7-12(11-16(15)23-2)9-10-19-17(20)13-5-3-4-6-14(13)18(19)21/h3-4,7-8,11,13-14H,5-6,9-10H2,1-2H3. The van der Waals surface area contributed by atoms with E-state index in [2.05, 4.69) is 0 Å². The number of ether oxygens (including phenoxy) is 2. The predicted molar refractivity (Wildman–Crippen MR) is 85.3 cm³/mol. The molecule has 1 aliphatic heterocycles. The second-order valence-corrected chi connectivity index (χ2v) is 5.92. The molecule has 5 heteroatoms. The van der Waals surface area contributed by atoms with Crippen LogP contribution >= 0.6 is 0 Å². The third-order valence-electron chi connectivity index (χ3n) is 4.67. The Kier molecular flexibility index (Phi) is 4.37. The molecule has 0 N–H and O–H groups in total. The van der Waals surface area contributed by atoms with Gasteiger partial charge in [0.15, 0.2) is 11.5 Å². The molecule has 0 radical (unpaired) electrons. The molecule has 23 heavy (non-hydrogen) atoms. The number of benzene rings is 1. The number of allylic oxidation sites excluding steroid dienone is 2. The van der Waals surface area contributed by atoms with Crippen LogP contribution in [0.2, 0.25) is 0 Å². The van der Waals surface area contributed by atoms with Gasteiger partial charge in [0, 0.05) is 6.54 Å². The van der Waals surface area contributed by atoms with Gasteiger partial charge in [0.1, 0.15) is 0 Å². The molecule has 1 saturated heterocycles. The topological polar surface area (TPSA) is 55.8 Å². The minimum Gasteiger partial charge on any atom is -0.493 e. The van der Waals surface area contributed by atoms with Crippen molar-refractivity contribution in [2.24, 2.45) is 11.8 Å². The van der Waals surface area contributed by atoms with Crippen LogP contribution in [-0.4, -0.2) is 37.5 Å². The van der Waals surface area contributed by atoms with E-state index in [1.807, 2.05) is 30.4 Å². The van der Waals surface area contributed by atoms with Crippen molar-refractivity contribution < 1.29 is 19.1 Å². The molecule has 2 unspecified atom stereocenters. The Bertz CT molecular complexity index is 626. The van der Waals surface area contributed by atoms with Gasteiger partial charge in [0.05, 0.1) is 26.1 Å². The van der Waals surface area contributed by atoms with E-state index in [0.717, 1.165) is 5.56 Å². The van der Waals surface area contributed by atoms with E-state index in [4.69, 9.17) is 9.47 Å². The van der Waals surface area contributed by atoms with Crippen LogP contribution in [0.5, 0.6) is 11.5 Å². The summed E-state index contributed by atoms with van der Waals surface area (Å²) in [6.45, 7) is 0.417. The van der Waals surface area contributed by atoms with Gasteiger partial charge >= 0.3 is 0 Å². The van der Waals surface area contributed by atoms with Crippen molar-refractivity contribution in [3.63, 3.8) is 0 Å². The summed E-state index contributed by atoms with van der Waals surface area (Å²) in [4.78, 5) is 26.3. The Balaban J connectivity index is 1.69. The molecule has 2 amide bonds.